The van der Waals surface area contributed by atoms with E-state index >= 15 is 0 Å². The first-order chi connectivity index (χ1) is 25.0. The van der Waals surface area contributed by atoms with E-state index in [0.717, 1.165) is 35.1 Å². The van der Waals surface area contributed by atoms with Gasteiger partial charge in [-0.15, -0.1) is 0 Å². The number of aromatic nitrogens is 1. The molecule has 51 heavy (non-hydrogen) atoms. The Bertz CT molecular complexity index is 1810. The molecular weight excluding hydrogens is 638 g/mol. The van der Waals surface area contributed by atoms with Crippen molar-refractivity contribution >= 4 is 27.8 Å². The van der Waals surface area contributed by atoms with Crippen LogP contribution in [0.1, 0.15) is 127 Å². The van der Waals surface area contributed by atoms with Crippen molar-refractivity contribution in [3.63, 3.8) is 0 Å². The third-order valence-electron chi connectivity index (χ3n) is 9.35. The highest BCUT2D eigenvalue weighted by Gasteiger charge is 2.16. The summed E-state index contributed by atoms with van der Waals surface area (Å²) in [6, 6.07) is 21.6. The Morgan fingerprint density at radius 1 is 0.608 bits per heavy atom. The van der Waals surface area contributed by atoms with Gasteiger partial charge in [-0.25, -0.2) is 9.78 Å². The number of hydrogen-bond donors (Lipinski definition) is 1. The zero-order valence-corrected chi connectivity index (χ0v) is 30.6. The average Bonchev–Trinajstić information content (AvgIpc) is 3.56. The predicted octanol–water partition coefficient (Wildman–Crippen LogP) is 12.6. The Morgan fingerprint density at radius 2 is 1.16 bits per heavy atom. The molecule has 0 radical (unpaired) electrons. The summed E-state index contributed by atoms with van der Waals surface area (Å²) in [5, 5.41) is 12.7. The number of aromatic hydroxyl groups is 1. The second kappa shape index (κ2) is 20.4. The summed E-state index contributed by atoms with van der Waals surface area (Å²) in [7, 11) is 0. The number of phenolic OH excluding ortho intramolecular Hbond substituents is 1. The van der Waals surface area contributed by atoms with E-state index < -0.39 is 5.97 Å². The number of carbonyl (C=O) groups excluding carboxylic acids is 1. The molecule has 0 saturated carbocycles. The Kier molecular flexibility index (Phi) is 15.1. The highest BCUT2D eigenvalue weighted by Crippen LogP contribution is 2.35. The van der Waals surface area contributed by atoms with Crippen molar-refractivity contribution in [3.05, 3.63) is 78.4 Å². The first-order valence-corrected chi connectivity index (χ1v) is 19.3. The molecule has 5 aromatic rings. The Labute approximate surface area is 303 Å². The van der Waals surface area contributed by atoms with Gasteiger partial charge in [-0.2, -0.15) is 0 Å². The zero-order valence-electron chi connectivity index (χ0n) is 30.6. The monoisotopic (exact) mass is 693 g/mol. The molecule has 1 aromatic heterocycles. The van der Waals surface area contributed by atoms with Gasteiger partial charge < -0.3 is 23.7 Å². The molecule has 0 unspecified atom stereocenters. The van der Waals surface area contributed by atoms with Crippen molar-refractivity contribution in [2.75, 3.05) is 13.2 Å². The van der Waals surface area contributed by atoms with E-state index in [9.17, 15) is 9.90 Å². The highest BCUT2D eigenvalue weighted by atomic mass is 16.5. The van der Waals surface area contributed by atoms with E-state index in [2.05, 4.69) is 18.8 Å². The maximum atomic E-state index is 13.0. The fourth-order valence-corrected chi connectivity index (χ4v) is 6.32. The van der Waals surface area contributed by atoms with Crippen LogP contribution in [0.2, 0.25) is 0 Å². The zero-order chi connectivity index (χ0) is 35.7. The predicted molar refractivity (Wildman–Crippen MR) is 206 cm³/mol. The number of esters is 1. The Balaban J connectivity index is 1.09. The lowest BCUT2D eigenvalue weighted by molar-refractivity contribution is 0.0734. The van der Waals surface area contributed by atoms with Crippen LogP contribution in [-0.4, -0.2) is 29.3 Å². The van der Waals surface area contributed by atoms with Gasteiger partial charge >= 0.3 is 5.97 Å². The molecule has 7 heteroatoms. The average molecular weight is 694 g/mol. The molecule has 4 aromatic carbocycles. The summed E-state index contributed by atoms with van der Waals surface area (Å²) >= 11 is 0. The fraction of sp³-hybridized carbons (Fsp3) is 0.455. The number of phenols is 1. The van der Waals surface area contributed by atoms with Gasteiger partial charge in [0.1, 0.15) is 28.5 Å². The maximum absolute atomic E-state index is 13.0. The second-order valence-corrected chi connectivity index (χ2v) is 13.6. The van der Waals surface area contributed by atoms with Gasteiger partial charge in [0.2, 0.25) is 5.89 Å². The van der Waals surface area contributed by atoms with Crippen LogP contribution >= 0.6 is 0 Å². The number of benzene rings is 4. The molecule has 0 amide bonds. The summed E-state index contributed by atoms with van der Waals surface area (Å²) in [6.07, 6.45) is 20.2. The Morgan fingerprint density at radius 3 is 1.80 bits per heavy atom. The lowest BCUT2D eigenvalue weighted by atomic mass is 10.1. The van der Waals surface area contributed by atoms with Crippen LogP contribution in [0.3, 0.4) is 0 Å². The van der Waals surface area contributed by atoms with E-state index in [4.69, 9.17) is 18.6 Å². The van der Waals surface area contributed by atoms with Crippen LogP contribution < -0.4 is 14.2 Å². The first kappa shape index (κ1) is 37.7. The van der Waals surface area contributed by atoms with Crippen molar-refractivity contribution in [2.45, 2.75) is 117 Å². The maximum Gasteiger partial charge on any atom is 0.343 e. The van der Waals surface area contributed by atoms with Gasteiger partial charge in [0.25, 0.3) is 0 Å². The van der Waals surface area contributed by atoms with Crippen LogP contribution in [0.15, 0.2) is 77.2 Å². The summed E-state index contributed by atoms with van der Waals surface area (Å²) in [4.78, 5) is 17.6. The molecule has 0 atom stereocenters. The quantitative estimate of drug-likeness (QED) is 0.0413. The first-order valence-electron chi connectivity index (χ1n) is 19.3. The molecule has 7 nitrogen and oxygen atoms in total. The number of oxazole rings is 1. The summed E-state index contributed by atoms with van der Waals surface area (Å²) in [5.41, 5.74) is 2.06. The van der Waals surface area contributed by atoms with E-state index in [1.165, 1.54) is 96.0 Å². The molecule has 272 valence electrons. The minimum absolute atomic E-state index is 0.101. The van der Waals surface area contributed by atoms with Gasteiger partial charge in [-0.3, -0.25) is 0 Å². The fourth-order valence-electron chi connectivity index (χ4n) is 6.32. The van der Waals surface area contributed by atoms with Crippen LogP contribution in [-0.2, 0) is 0 Å². The minimum atomic E-state index is -0.514. The number of fused-ring (bicyclic) bond motifs is 2. The summed E-state index contributed by atoms with van der Waals surface area (Å²) in [6.45, 7) is 5.85. The van der Waals surface area contributed by atoms with Crippen LogP contribution in [0.5, 0.6) is 23.0 Å². The number of hydrogen-bond acceptors (Lipinski definition) is 7. The molecule has 1 heterocycles. The normalized spacial score (nSPS) is 11.3. The lowest BCUT2D eigenvalue weighted by Gasteiger charge is -2.09. The molecule has 0 aliphatic rings. The van der Waals surface area contributed by atoms with Crippen LogP contribution in [0.4, 0.5) is 0 Å². The molecule has 0 aliphatic heterocycles. The number of rotatable bonds is 23. The van der Waals surface area contributed by atoms with Gasteiger partial charge in [0, 0.05) is 12.1 Å². The highest BCUT2D eigenvalue weighted by molar-refractivity contribution is 5.96. The number of nitrogens with zero attached hydrogens (tertiary/aromatic N) is 1. The van der Waals surface area contributed by atoms with Gasteiger partial charge in [0.15, 0.2) is 5.58 Å². The van der Waals surface area contributed by atoms with Crippen LogP contribution in [0.25, 0.3) is 33.3 Å². The molecule has 0 aliphatic carbocycles. The third kappa shape index (κ3) is 11.8. The standard InChI is InChI=1S/C44H55NO6/c1-3-5-7-9-11-12-13-14-16-18-28-49-37-24-26-40-42(32-37)51-43(45-40)39-25-23-38(31-41(39)46)50-44(47)35-20-19-34-30-36(22-21-33(34)29-35)48-27-17-15-10-8-6-4-2/h19-26,29-32,46H,3-18,27-28H2,1-2H3. The van der Waals surface area contributed by atoms with Crippen molar-refractivity contribution in [1.29, 1.82) is 0 Å². The molecule has 1 N–H and O–H groups in total. The van der Waals surface area contributed by atoms with E-state index in [0.29, 0.717) is 35.4 Å². The smallest absolute Gasteiger partial charge is 0.343 e. The molecule has 0 fully saturated rings. The largest absolute Gasteiger partial charge is 0.507 e. The van der Waals surface area contributed by atoms with Crippen molar-refractivity contribution in [2.24, 2.45) is 0 Å². The SMILES string of the molecule is CCCCCCCCCCCCOc1ccc2nc(-c3ccc(OC(=O)c4ccc5cc(OCCCCCCCC)ccc5c4)cc3O)oc2c1. The lowest BCUT2D eigenvalue weighted by Crippen LogP contribution is -2.08. The second-order valence-electron chi connectivity index (χ2n) is 13.6. The van der Waals surface area contributed by atoms with Gasteiger partial charge in [-0.1, -0.05) is 116 Å². The van der Waals surface area contributed by atoms with Gasteiger partial charge in [-0.05, 0) is 72.1 Å². The van der Waals surface area contributed by atoms with Gasteiger partial charge in [0.05, 0.1) is 24.3 Å². The summed E-state index contributed by atoms with van der Waals surface area (Å²) in [5.74, 6) is 1.44. The minimum Gasteiger partial charge on any atom is -0.507 e. The topological polar surface area (TPSA) is 91.0 Å². The van der Waals surface area contributed by atoms with E-state index in [1.54, 1.807) is 24.3 Å². The van der Waals surface area contributed by atoms with Crippen LogP contribution in [0, 0.1) is 0 Å². The number of carbonyl (C=O) groups is 1. The molecule has 5 rings (SSSR count). The van der Waals surface area contributed by atoms with Crippen molar-refractivity contribution < 1.29 is 28.5 Å². The molecular formula is C44H55NO6. The number of ether oxygens (including phenoxy) is 3. The third-order valence-corrected chi connectivity index (χ3v) is 9.35. The van der Waals surface area contributed by atoms with Crippen molar-refractivity contribution in [3.8, 4) is 34.5 Å². The molecule has 0 spiro atoms. The Hall–Kier alpha value is -4.52. The molecule has 0 bridgehead atoms. The van der Waals surface area contributed by atoms with E-state index in [-0.39, 0.29) is 17.4 Å². The van der Waals surface area contributed by atoms with E-state index in [1.807, 2.05) is 42.5 Å². The number of unbranched alkanes of at least 4 members (excludes halogenated alkanes) is 14. The van der Waals surface area contributed by atoms with Crippen molar-refractivity contribution in [1.82, 2.24) is 4.98 Å². The molecule has 0 saturated heterocycles. The summed E-state index contributed by atoms with van der Waals surface area (Å²) < 4.78 is 23.6.